The third kappa shape index (κ3) is 3.70. The zero-order valence-electron chi connectivity index (χ0n) is 27.9. The maximum atomic E-state index is 6.49. The molecular formula is C48H24O5. The van der Waals surface area contributed by atoms with Gasteiger partial charge in [0, 0.05) is 43.1 Å². The van der Waals surface area contributed by atoms with Crippen molar-refractivity contribution >= 4 is 110 Å². The van der Waals surface area contributed by atoms with Gasteiger partial charge in [-0.3, -0.25) is 0 Å². The molecule has 5 heterocycles. The summed E-state index contributed by atoms with van der Waals surface area (Å²) >= 11 is 0. The Kier molecular flexibility index (Phi) is 5.06. The average Bonchev–Trinajstić information content (AvgIpc) is 4.02. The van der Waals surface area contributed by atoms with Crippen molar-refractivity contribution in [3.63, 3.8) is 0 Å². The maximum Gasteiger partial charge on any atom is 0.147 e. The first-order chi connectivity index (χ1) is 26.2. The van der Waals surface area contributed by atoms with Crippen LogP contribution in [0.3, 0.4) is 0 Å². The van der Waals surface area contributed by atoms with Crippen LogP contribution in [0.2, 0.25) is 0 Å². The number of hydrogen-bond acceptors (Lipinski definition) is 5. The van der Waals surface area contributed by atoms with Gasteiger partial charge in [0.1, 0.15) is 55.8 Å². The number of fused-ring (bicyclic) bond motifs is 17. The summed E-state index contributed by atoms with van der Waals surface area (Å²) in [6, 6.07) is 50.3. The van der Waals surface area contributed by atoms with Crippen LogP contribution in [-0.4, -0.2) is 0 Å². The Bertz CT molecular complexity index is 3450. The highest BCUT2D eigenvalue weighted by molar-refractivity contribution is 6.23. The second-order valence-corrected chi connectivity index (χ2v) is 14.0. The predicted octanol–water partition coefficient (Wildman–Crippen LogP) is 14.5. The normalized spacial score (nSPS) is 12.5. The van der Waals surface area contributed by atoms with E-state index >= 15 is 0 Å². The van der Waals surface area contributed by atoms with Gasteiger partial charge < -0.3 is 22.1 Å². The van der Waals surface area contributed by atoms with Crippen molar-refractivity contribution in [3.05, 3.63) is 146 Å². The van der Waals surface area contributed by atoms with Crippen molar-refractivity contribution < 1.29 is 22.1 Å². The number of hydrogen-bond donors (Lipinski definition) is 0. The molecule has 246 valence electrons. The lowest BCUT2D eigenvalue weighted by Gasteiger charge is -2.04. The summed E-state index contributed by atoms with van der Waals surface area (Å²) in [6.07, 6.45) is 0. The van der Waals surface area contributed by atoms with Crippen LogP contribution in [0.15, 0.2) is 168 Å². The molecule has 53 heavy (non-hydrogen) atoms. The van der Waals surface area contributed by atoms with Gasteiger partial charge in [-0.15, -0.1) is 0 Å². The van der Waals surface area contributed by atoms with E-state index in [1.54, 1.807) is 0 Å². The fourth-order valence-electron chi connectivity index (χ4n) is 8.58. The van der Waals surface area contributed by atoms with E-state index in [0.29, 0.717) is 0 Å². The highest BCUT2D eigenvalue weighted by Crippen LogP contribution is 2.43. The monoisotopic (exact) mass is 680 g/mol. The standard InChI is InChI=1S/C48H24O5/c1-3-7-37-31(5-1)45-43(50-37)19-13-29-33-21-25(11-17-41(33)52-47(29)45)27-9-15-39-35(23-27)36-24-28(10-16-40(36)49-39)26-12-18-42-34(22-26)30-14-20-44-46(48(30)53-42)32-6-2-4-8-38(32)51-44/h1-24H. The Labute approximate surface area is 298 Å². The third-order valence-corrected chi connectivity index (χ3v) is 11.1. The molecule has 8 aromatic carbocycles. The van der Waals surface area contributed by atoms with Gasteiger partial charge in [0.2, 0.25) is 0 Å². The molecule has 0 aliphatic carbocycles. The van der Waals surface area contributed by atoms with Gasteiger partial charge in [-0.25, -0.2) is 0 Å². The summed E-state index contributed by atoms with van der Waals surface area (Å²) in [5.74, 6) is 0. The first kappa shape index (κ1) is 27.5. The zero-order chi connectivity index (χ0) is 34.4. The molecule has 5 nitrogen and oxygen atoms in total. The summed E-state index contributed by atoms with van der Waals surface area (Å²) in [5.41, 5.74) is 13.0. The van der Waals surface area contributed by atoms with Gasteiger partial charge in [0.25, 0.3) is 0 Å². The van der Waals surface area contributed by atoms with Crippen LogP contribution < -0.4 is 0 Å². The van der Waals surface area contributed by atoms with Crippen molar-refractivity contribution in [2.24, 2.45) is 0 Å². The molecule has 0 bridgehead atoms. The number of rotatable bonds is 2. The summed E-state index contributed by atoms with van der Waals surface area (Å²) in [5, 5.41) is 10.6. The van der Waals surface area contributed by atoms with Gasteiger partial charge in [-0.2, -0.15) is 0 Å². The van der Waals surface area contributed by atoms with E-state index in [1.807, 2.05) is 48.5 Å². The van der Waals surface area contributed by atoms with Crippen molar-refractivity contribution in [2.45, 2.75) is 0 Å². The van der Waals surface area contributed by atoms with Crippen LogP contribution in [-0.2, 0) is 0 Å². The predicted molar refractivity (Wildman–Crippen MR) is 214 cm³/mol. The van der Waals surface area contributed by atoms with Crippen molar-refractivity contribution in [2.75, 3.05) is 0 Å². The van der Waals surface area contributed by atoms with Crippen LogP contribution in [0.4, 0.5) is 0 Å². The lowest BCUT2D eigenvalue weighted by atomic mass is 9.98. The Morgan fingerprint density at radius 2 is 0.547 bits per heavy atom. The summed E-state index contributed by atoms with van der Waals surface area (Å²) in [4.78, 5) is 0. The lowest BCUT2D eigenvalue weighted by Crippen LogP contribution is -1.79. The Balaban J connectivity index is 0.940. The molecule has 0 N–H and O–H groups in total. The molecule has 0 radical (unpaired) electrons. The first-order valence-electron chi connectivity index (χ1n) is 17.7. The topological polar surface area (TPSA) is 65.7 Å². The molecule has 0 saturated carbocycles. The first-order valence-corrected chi connectivity index (χ1v) is 17.7. The highest BCUT2D eigenvalue weighted by atomic mass is 16.4. The number of benzene rings is 8. The van der Waals surface area contributed by atoms with E-state index < -0.39 is 0 Å². The fraction of sp³-hybridized carbons (Fsp3) is 0. The van der Waals surface area contributed by atoms with Crippen molar-refractivity contribution in [1.82, 2.24) is 0 Å². The molecule has 0 unspecified atom stereocenters. The van der Waals surface area contributed by atoms with Crippen LogP contribution in [0.1, 0.15) is 0 Å². The smallest absolute Gasteiger partial charge is 0.147 e. The van der Waals surface area contributed by atoms with Crippen LogP contribution in [0.5, 0.6) is 0 Å². The zero-order valence-corrected chi connectivity index (χ0v) is 27.9. The molecule has 0 atom stereocenters. The molecule has 13 aromatic rings. The van der Waals surface area contributed by atoms with E-state index in [9.17, 15) is 0 Å². The van der Waals surface area contributed by atoms with Gasteiger partial charge in [0.05, 0.1) is 10.8 Å². The lowest BCUT2D eigenvalue weighted by molar-refractivity contribution is 0.662. The molecule has 0 amide bonds. The molecule has 0 fully saturated rings. The van der Waals surface area contributed by atoms with E-state index in [-0.39, 0.29) is 0 Å². The van der Waals surface area contributed by atoms with Gasteiger partial charge in [0.15, 0.2) is 0 Å². The minimum atomic E-state index is 0.831. The molecule has 0 aliphatic rings. The third-order valence-electron chi connectivity index (χ3n) is 11.1. The largest absolute Gasteiger partial charge is 0.456 e. The Morgan fingerprint density at radius 1 is 0.226 bits per heavy atom. The maximum absolute atomic E-state index is 6.49. The van der Waals surface area contributed by atoms with Crippen molar-refractivity contribution in [3.8, 4) is 22.3 Å². The minimum Gasteiger partial charge on any atom is -0.456 e. The van der Waals surface area contributed by atoms with Gasteiger partial charge in [-0.1, -0.05) is 60.7 Å². The Morgan fingerprint density at radius 3 is 0.981 bits per heavy atom. The second-order valence-electron chi connectivity index (χ2n) is 14.0. The SMILES string of the molecule is c1ccc2c(c1)oc1ccc3c4cc(-c5ccc6oc7ccc(-c8ccc9oc%10c(ccc%11oc%12ccccc%12c%11%10)c9c8)cc7c6c5)ccc4oc3c12. The van der Waals surface area contributed by atoms with Crippen molar-refractivity contribution in [1.29, 1.82) is 0 Å². The molecule has 0 spiro atoms. The van der Waals surface area contributed by atoms with Gasteiger partial charge in [-0.05, 0) is 107 Å². The number of para-hydroxylation sites is 2. The molecular weight excluding hydrogens is 657 g/mol. The summed E-state index contributed by atoms with van der Waals surface area (Å²) < 4.78 is 31.6. The van der Waals surface area contributed by atoms with E-state index in [2.05, 4.69) is 97.1 Å². The summed E-state index contributed by atoms with van der Waals surface area (Å²) in [7, 11) is 0. The quantitative estimate of drug-likeness (QED) is 0.182. The van der Waals surface area contributed by atoms with E-state index in [1.165, 1.54) is 0 Å². The molecule has 5 heteroatoms. The average molecular weight is 681 g/mol. The molecule has 0 aliphatic heterocycles. The minimum absolute atomic E-state index is 0.831. The molecule has 0 saturated heterocycles. The fourth-order valence-corrected chi connectivity index (χ4v) is 8.58. The summed E-state index contributed by atoms with van der Waals surface area (Å²) in [6.45, 7) is 0. The van der Waals surface area contributed by atoms with Crippen LogP contribution >= 0.6 is 0 Å². The molecule has 13 rings (SSSR count). The Hall–Kier alpha value is -7.24. The second kappa shape index (κ2) is 9.75. The van der Waals surface area contributed by atoms with Crippen LogP contribution in [0, 0.1) is 0 Å². The number of furan rings is 5. The van der Waals surface area contributed by atoms with Crippen LogP contribution in [0.25, 0.3) is 132 Å². The van der Waals surface area contributed by atoms with Gasteiger partial charge >= 0.3 is 0 Å². The van der Waals surface area contributed by atoms with E-state index in [4.69, 9.17) is 22.1 Å². The van der Waals surface area contributed by atoms with E-state index in [0.717, 1.165) is 132 Å². The highest BCUT2D eigenvalue weighted by Gasteiger charge is 2.19. The molecule has 5 aromatic heterocycles.